The molecule has 0 aliphatic heterocycles. The second-order valence-corrected chi connectivity index (χ2v) is 7.92. The lowest BCUT2D eigenvalue weighted by molar-refractivity contribution is -0.113. The fourth-order valence-corrected chi connectivity index (χ4v) is 4.12. The highest BCUT2D eigenvalue weighted by atomic mass is 32.2. The number of aromatic nitrogens is 3. The van der Waals surface area contributed by atoms with Crippen LogP contribution in [0.25, 0.3) is 11.0 Å². The Hall–Kier alpha value is -3.06. The highest BCUT2D eigenvalue weighted by Crippen LogP contribution is 2.31. The third-order valence-electron chi connectivity index (χ3n) is 4.94. The number of thioether (sulfide) groups is 1. The first kappa shape index (κ1) is 19.3. The van der Waals surface area contributed by atoms with Crippen molar-refractivity contribution in [2.45, 2.75) is 32.3 Å². The van der Waals surface area contributed by atoms with Crippen molar-refractivity contribution >= 4 is 34.4 Å². The van der Waals surface area contributed by atoms with Crippen LogP contribution >= 0.6 is 11.8 Å². The van der Waals surface area contributed by atoms with Gasteiger partial charge < -0.3 is 14.3 Å². The third kappa shape index (κ3) is 4.05. The Morgan fingerprint density at radius 1 is 1.14 bits per heavy atom. The molecule has 0 spiro atoms. The molecule has 0 atom stereocenters. The Morgan fingerprint density at radius 3 is 2.66 bits per heavy atom. The van der Waals surface area contributed by atoms with Crippen molar-refractivity contribution in [3.63, 3.8) is 0 Å². The van der Waals surface area contributed by atoms with Crippen molar-refractivity contribution in [2.24, 2.45) is 0 Å². The van der Waals surface area contributed by atoms with Crippen LogP contribution in [0.2, 0.25) is 0 Å². The molecule has 0 aliphatic rings. The van der Waals surface area contributed by atoms with Crippen molar-refractivity contribution in [3.8, 4) is 0 Å². The quantitative estimate of drug-likeness (QED) is 0.370. The lowest BCUT2D eigenvalue weighted by Crippen LogP contribution is -2.14. The van der Waals surface area contributed by atoms with Gasteiger partial charge in [-0.1, -0.05) is 29.5 Å². The first-order valence-corrected chi connectivity index (χ1v) is 10.3. The summed E-state index contributed by atoms with van der Waals surface area (Å²) in [5.41, 5.74) is 5.04. The smallest absolute Gasteiger partial charge is 0.234 e. The number of anilines is 1. The second-order valence-electron chi connectivity index (χ2n) is 6.96. The molecule has 1 N–H and O–H groups in total. The first-order valence-electron chi connectivity index (χ1n) is 9.35. The van der Waals surface area contributed by atoms with E-state index in [1.807, 2.05) is 43.3 Å². The Bertz CT molecular complexity index is 1150. The van der Waals surface area contributed by atoms with Gasteiger partial charge in [-0.05, 0) is 50.6 Å². The number of aryl methyl sites for hydroxylation is 2. The average molecular weight is 407 g/mol. The summed E-state index contributed by atoms with van der Waals surface area (Å²) in [7, 11) is 0. The van der Waals surface area contributed by atoms with Gasteiger partial charge in [-0.15, -0.1) is 0 Å². The number of fused-ring (bicyclic) bond motifs is 1. The van der Waals surface area contributed by atoms with Gasteiger partial charge in [0.1, 0.15) is 22.8 Å². The minimum absolute atomic E-state index is 0.0602. The predicted molar refractivity (Wildman–Crippen MR) is 115 cm³/mol. The minimum atomic E-state index is -0.0602. The second kappa shape index (κ2) is 8.13. The summed E-state index contributed by atoms with van der Waals surface area (Å²) in [4.78, 5) is 21.3. The van der Waals surface area contributed by atoms with Gasteiger partial charge in [-0.2, -0.15) is 0 Å². The van der Waals surface area contributed by atoms with Crippen LogP contribution in [0.4, 0.5) is 5.69 Å². The number of rotatable bonds is 6. The lowest BCUT2D eigenvalue weighted by Gasteiger charge is -2.07. The van der Waals surface area contributed by atoms with Gasteiger partial charge in [0, 0.05) is 11.4 Å². The number of furan rings is 1. The zero-order chi connectivity index (χ0) is 20.4. The number of benzene rings is 1. The Morgan fingerprint density at radius 2 is 1.93 bits per heavy atom. The summed E-state index contributed by atoms with van der Waals surface area (Å²) >= 11 is 1.42. The first-order chi connectivity index (χ1) is 14.0. The van der Waals surface area contributed by atoms with Crippen molar-refractivity contribution in [1.82, 2.24) is 14.5 Å². The third-order valence-corrected chi connectivity index (χ3v) is 5.93. The van der Waals surface area contributed by atoms with Crippen LogP contribution in [0.3, 0.4) is 0 Å². The van der Waals surface area contributed by atoms with Gasteiger partial charge in [0.2, 0.25) is 5.91 Å². The SMILES string of the molecule is Cc1ccc(NC(=O)CSc2ncnc3c2c(C)c(C)n3Cc2ccco2)cc1. The molecule has 0 fully saturated rings. The van der Waals surface area contributed by atoms with Gasteiger partial charge in [0.05, 0.1) is 23.9 Å². The molecule has 3 heterocycles. The van der Waals surface area contributed by atoms with Crippen LogP contribution in [-0.2, 0) is 11.3 Å². The minimum Gasteiger partial charge on any atom is -0.467 e. The lowest BCUT2D eigenvalue weighted by atomic mass is 10.2. The molecule has 0 saturated heterocycles. The van der Waals surface area contributed by atoms with Crippen LogP contribution in [0.15, 0.2) is 58.4 Å². The van der Waals surface area contributed by atoms with E-state index in [0.29, 0.717) is 6.54 Å². The van der Waals surface area contributed by atoms with E-state index in [1.165, 1.54) is 11.8 Å². The Balaban J connectivity index is 1.54. The number of carbonyl (C=O) groups is 1. The largest absolute Gasteiger partial charge is 0.467 e. The fourth-order valence-electron chi connectivity index (χ4n) is 3.26. The summed E-state index contributed by atoms with van der Waals surface area (Å²) in [5, 5.41) is 4.73. The van der Waals surface area contributed by atoms with Crippen LogP contribution in [-0.4, -0.2) is 26.2 Å². The van der Waals surface area contributed by atoms with Crippen LogP contribution in [0.5, 0.6) is 0 Å². The number of nitrogens with one attached hydrogen (secondary N) is 1. The maximum absolute atomic E-state index is 12.4. The molecule has 1 amide bonds. The Labute approximate surface area is 173 Å². The van der Waals surface area contributed by atoms with Gasteiger partial charge in [-0.25, -0.2) is 9.97 Å². The molecular formula is C22H22N4O2S. The fraction of sp³-hybridized carbons (Fsp3) is 0.227. The van der Waals surface area contributed by atoms with Gasteiger partial charge in [0.15, 0.2) is 0 Å². The molecule has 0 saturated carbocycles. The van der Waals surface area contributed by atoms with Crippen molar-refractivity contribution < 1.29 is 9.21 Å². The molecule has 0 unspecified atom stereocenters. The van der Waals surface area contributed by atoms with E-state index in [2.05, 4.69) is 33.7 Å². The zero-order valence-corrected chi connectivity index (χ0v) is 17.4. The van der Waals surface area contributed by atoms with Crippen molar-refractivity contribution in [2.75, 3.05) is 11.1 Å². The van der Waals surface area contributed by atoms with Crippen molar-refractivity contribution in [3.05, 3.63) is 71.6 Å². The number of carbonyl (C=O) groups excluding carboxylic acids is 1. The molecule has 4 rings (SSSR count). The summed E-state index contributed by atoms with van der Waals surface area (Å²) in [5.74, 6) is 1.09. The average Bonchev–Trinajstić information content (AvgIpc) is 3.31. The zero-order valence-electron chi connectivity index (χ0n) is 16.6. The number of hydrogen-bond acceptors (Lipinski definition) is 5. The molecule has 6 nitrogen and oxygen atoms in total. The van der Waals surface area contributed by atoms with Gasteiger partial charge in [0.25, 0.3) is 0 Å². The number of nitrogens with zero attached hydrogens (tertiary/aromatic N) is 3. The summed E-state index contributed by atoms with van der Waals surface area (Å²) in [6.07, 6.45) is 3.23. The highest BCUT2D eigenvalue weighted by molar-refractivity contribution is 8.00. The topological polar surface area (TPSA) is 73.0 Å². The van der Waals surface area contributed by atoms with E-state index in [4.69, 9.17) is 4.42 Å². The molecular weight excluding hydrogens is 384 g/mol. The van der Waals surface area contributed by atoms with E-state index in [9.17, 15) is 4.79 Å². The Kier molecular flexibility index (Phi) is 5.40. The summed E-state index contributed by atoms with van der Waals surface area (Å²) < 4.78 is 7.63. The van der Waals surface area contributed by atoms with E-state index in [1.54, 1.807) is 12.6 Å². The van der Waals surface area contributed by atoms with Crippen molar-refractivity contribution in [1.29, 1.82) is 0 Å². The molecule has 0 radical (unpaired) electrons. The molecule has 4 aromatic rings. The van der Waals surface area contributed by atoms with E-state index < -0.39 is 0 Å². The molecule has 7 heteroatoms. The van der Waals surface area contributed by atoms with E-state index in [-0.39, 0.29) is 11.7 Å². The van der Waals surface area contributed by atoms with Gasteiger partial charge >= 0.3 is 0 Å². The molecule has 0 aliphatic carbocycles. The molecule has 148 valence electrons. The van der Waals surface area contributed by atoms with E-state index >= 15 is 0 Å². The molecule has 1 aromatic carbocycles. The number of hydrogen-bond donors (Lipinski definition) is 1. The normalized spacial score (nSPS) is 11.1. The molecule has 3 aromatic heterocycles. The highest BCUT2D eigenvalue weighted by Gasteiger charge is 2.18. The predicted octanol–water partition coefficient (Wildman–Crippen LogP) is 4.73. The molecule has 29 heavy (non-hydrogen) atoms. The standard InChI is InChI=1S/C22H22N4O2S/c1-14-6-8-17(9-7-14)25-19(27)12-29-22-20-15(2)16(3)26(21(20)23-13-24-22)11-18-5-4-10-28-18/h4-10,13H,11-12H2,1-3H3,(H,25,27). The maximum atomic E-state index is 12.4. The number of amides is 1. The van der Waals surface area contributed by atoms with Crippen LogP contribution in [0, 0.1) is 20.8 Å². The van der Waals surface area contributed by atoms with Crippen LogP contribution < -0.4 is 5.32 Å². The molecule has 0 bridgehead atoms. The van der Waals surface area contributed by atoms with Crippen LogP contribution in [0.1, 0.15) is 22.6 Å². The summed E-state index contributed by atoms with van der Waals surface area (Å²) in [6, 6.07) is 11.6. The maximum Gasteiger partial charge on any atom is 0.234 e. The summed E-state index contributed by atoms with van der Waals surface area (Å²) in [6.45, 7) is 6.76. The monoisotopic (exact) mass is 406 g/mol. The van der Waals surface area contributed by atoms with E-state index in [0.717, 1.165) is 44.3 Å². The van der Waals surface area contributed by atoms with Gasteiger partial charge in [-0.3, -0.25) is 4.79 Å².